The van der Waals surface area contributed by atoms with Gasteiger partial charge in [0.05, 0.1) is 17.3 Å². The quantitative estimate of drug-likeness (QED) is 0.731. The van der Waals surface area contributed by atoms with E-state index in [0.717, 1.165) is 5.56 Å². The van der Waals surface area contributed by atoms with Crippen molar-refractivity contribution in [3.63, 3.8) is 0 Å². The fourth-order valence-electron chi connectivity index (χ4n) is 0.997. The van der Waals surface area contributed by atoms with E-state index in [1.54, 1.807) is 12.1 Å². The minimum atomic E-state index is -0.0125. The number of anilines is 1. The first-order valence-corrected chi connectivity index (χ1v) is 4.32. The number of halogens is 1. The molecule has 0 amide bonds. The first-order chi connectivity index (χ1) is 6.15. The Morgan fingerprint density at radius 2 is 2.23 bits per heavy atom. The summed E-state index contributed by atoms with van der Waals surface area (Å²) in [7, 11) is 0. The molecule has 1 aromatic carbocycles. The Morgan fingerprint density at radius 3 is 2.85 bits per heavy atom. The van der Waals surface area contributed by atoms with Crippen molar-refractivity contribution in [1.29, 1.82) is 0 Å². The Hall–Kier alpha value is -0.930. The zero-order valence-corrected chi connectivity index (χ0v) is 8.14. The van der Waals surface area contributed by atoms with Gasteiger partial charge in [-0.25, -0.2) is 0 Å². The van der Waals surface area contributed by atoms with E-state index in [-0.39, 0.29) is 13.2 Å². The highest BCUT2D eigenvalue weighted by Gasteiger charge is 2.03. The van der Waals surface area contributed by atoms with E-state index in [1.165, 1.54) is 0 Å². The number of nitrogens with two attached hydrogens (primary N) is 1. The Kier molecular flexibility index (Phi) is 3.39. The highest BCUT2D eigenvalue weighted by Crippen LogP contribution is 2.28. The van der Waals surface area contributed by atoms with Gasteiger partial charge in [-0.15, -0.1) is 0 Å². The molecular formula is C9H12ClNO2. The van der Waals surface area contributed by atoms with Gasteiger partial charge in [0.15, 0.2) is 0 Å². The monoisotopic (exact) mass is 201 g/mol. The second-order valence-electron chi connectivity index (χ2n) is 2.71. The molecule has 0 fully saturated rings. The van der Waals surface area contributed by atoms with E-state index in [2.05, 4.69) is 0 Å². The lowest BCUT2D eigenvalue weighted by Crippen LogP contribution is -2.03. The van der Waals surface area contributed by atoms with Gasteiger partial charge >= 0.3 is 0 Å². The molecule has 0 saturated carbocycles. The molecule has 0 unspecified atom stereocenters. The van der Waals surface area contributed by atoms with E-state index in [0.29, 0.717) is 16.5 Å². The van der Waals surface area contributed by atoms with Gasteiger partial charge in [0.25, 0.3) is 0 Å². The Labute approximate surface area is 82.1 Å². The smallest absolute Gasteiger partial charge is 0.123 e. The van der Waals surface area contributed by atoms with Crippen molar-refractivity contribution >= 4 is 17.3 Å². The van der Waals surface area contributed by atoms with Gasteiger partial charge in [-0.05, 0) is 18.6 Å². The number of rotatable bonds is 3. The maximum Gasteiger partial charge on any atom is 0.123 e. The molecule has 13 heavy (non-hydrogen) atoms. The second kappa shape index (κ2) is 4.35. The van der Waals surface area contributed by atoms with Gasteiger partial charge in [-0.3, -0.25) is 0 Å². The van der Waals surface area contributed by atoms with Gasteiger partial charge < -0.3 is 15.6 Å². The first-order valence-electron chi connectivity index (χ1n) is 3.94. The van der Waals surface area contributed by atoms with Crippen LogP contribution in [0.5, 0.6) is 5.75 Å². The molecule has 4 heteroatoms. The standard InChI is InChI=1S/C9H12ClNO2/c1-6-4-8(11)7(10)5-9(6)13-3-2-12/h4-5,12H,2-3,11H2,1H3. The maximum atomic E-state index is 8.56. The summed E-state index contributed by atoms with van der Waals surface area (Å²) in [5.74, 6) is 0.660. The molecule has 1 rings (SSSR count). The second-order valence-corrected chi connectivity index (χ2v) is 3.12. The summed E-state index contributed by atoms with van der Waals surface area (Å²) in [6.07, 6.45) is 0. The summed E-state index contributed by atoms with van der Waals surface area (Å²) in [5.41, 5.74) is 7.03. The molecule has 0 atom stereocenters. The van der Waals surface area contributed by atoms with Crippen molar-refractivity contribution in [2.45, 2.75) is 6.92 Å². The van der Waals surface area contributed by atoms with Crippen molar-refractivity contribution in [3.8, 4) is 5.75 Å². The van der Waals surface area contributed by atoms with Crippen LogP contribution in [0.4, 0.5) is 5.69 Å². The van der Waals surface area contributed by atoms with Crippen LogP contribution in [0.2, 0.25) is 5.02 Å². The first kappa shape index (κ1) is 10.2. The van der Waals surface area contributed by atoms with E-state index in [1.807, 2.05) is 6.92 Å². The average molecular weight is 202 g/mol. The number of hydrogen-bond donors (Lipinski definition) is 2. The highest BCUT2D eigenvalue weighted by molar-refractivity contribution is 6.33. The Morgan fingerprint density at radius 1 is 1.54 bits per heavy atom. The lowest BCUT2D eigenvalue weighted by Gasteiger charge is -2.09. The van der Waals surface area contributed by atoms with Crippen molar-refractivity contribution in [3.05, 3.63) is 22.7 Å². The van der Waals surface area contributed by atoms with Crippen molar-refractivity contribution < 1.29 is 9.84 Å². The molecule has 0 heterocycles. The zero-order chi connectivity index (χ0) is 9.84. The van der Waals surface area contributed by atoms with Crippen LogP contribution in [-0.4, -0.2) is 18.3 Å². The van der Waals surface area contributed by atoms with E-state index < -0.39 is 0 Å². The van der Waals surface area contributed by atoms with Crippen molar-refractivity contribution in [1.82, 2.24) is 0 Å². The van der Waals surface area contributed by atoms with E-state index in [9.17, 15) is 0 Å². The Bertz CT molecular complexity index is 302. The van der Waals surface area contributed by atoms with Crippen LogP contribution in [0.25, 0.3) is 0 Å². The maximum absolute atomic E-state index is 8.56. The fourth-order valence-corrected chi connectivity index (χ4v) is 1.15. The topological polar surface area (TPSA) is 55.5 Å². The van der Waals surface area contributed by atoms with Crippen LogP contribution in [0.1, 0.15) is 5.56 Å². The summed E-state index contributed by atoms with van der Waals surface area (Å²) < 4.78 is 5.23. The van der Waals surface area contributed by atoms with Gasteiger partial charge in [0.2, 0.25) is 0 Å². The molecule has 0 aliphatic rings. The number of hydrogen-bond acceptors (Lipinski definition) is 3. The van der Waals surface area contributed by atoms with Crippen LogP contribution in [0, 0.1) is 6.92 Å². The zero-order valence-electron chi connectivity index (χ0n) is 7.38. The summed E-state index contributed by atoms with van der Waals surface area (Å²) in [5, 5.41) is 9.03. The number of ether oxygens (including phenoxy) is 1. The molecule has 0 bridgehead atoms. The largest absolute Gasteiger partial charge is 0.491 e. The van der Waals surface area contributed by atoms with E-state index in [4.69, 9.17) is 27.2 Å². The molecule has 1 aromatic rings. The van der Waals surface area contributed by atoms with Crippen molar-refractivity contribution in [2.24, 2.45) is 0 Å². The Balaban J connectivity index is 2.88. The van der Waals surface area contributed by atoms with Gasteiger partial charge in [0, 0.05) is 6.07 Å². The minimum Gasteiger partial charge on any atom is -0.491 e. The third kappa shape index (κ3) is 2.50. The third-order valence-electron chi connectivity index (χ3n) is 1.64. The highest BCUT2D eigenvalue weighted by atomic mass is 35.5. The van der Waals surface area contributed by atoms with E-state index >= 15 is 0 Å². The lowest BCUT2D eigenvalue weighted by atomic mass is 10.2. The molecule has 0 radical (unpaired) electrons. The molecule has 3 nitrogen and oxygen atoms in total. The molecule has 0 aliphatic heterocycles. The van der Waals surface area contributed by atoms with Gasteiger partial charge in [0.1, 0.15) is 12.4 Å². The van der Waals surface area contributed by atoms with Gasteiger partial charge in [-0.1, -0.05) is 11.6 Å². The lowest BCUT2D eigenvalue weighted by molar-refractivity contribution is 0.200. The molecule has 0 aromatic heterocycles. The van der Waals surface area contributed by atoms with Crippen LogP contribution in [0.15, 0.2) is 12.1 Å². The molecule has 0 aliphatic carbocycles. The average Bonchev–Trinajstić information content (AvgIpc) is 2.09. The summed E-state index contributed by atoms with van der Waals surface area (Å²) >= 11 is 5.80. The summed E-state index contributed by atoms with van der Waals surface area (Å²) in [4.78, 5) is 0. The summed E-state index contributed by atoms with van der Waals surface area (Å²) in [6.45, 7) is 2.13. The normalized spacial score (nSPS) is 10.1. The number of aliphatic hydroxyl groups excluding tert-OH is 1. The van der Waals surface area contributed by atoms with Crippen molar-refractivity contribution in [2.75, 3.05) is 18.9 Å². The molecular weight excluding hydrogens is 190 g/mol. The predicted molar refractivity (Wildman–Crippen MR) is 53.2 cm³/mol. The molecule has 72 valence electrons. The predicted octanol–water partition coefficient (Wildman–Crippen LogP) is 1.60. The number of aliphatic hydroxyl groups is 1. The summed E-state index contributed by atoms with van der Waals surface area (Å²) in [6, 6.07) is 3.40. The number of nitrogen functional groups attached to an aromatic ring is 1. The number of benzene rings is 1. The van der Waals surface area contributed by atoms with Crippen LogP contribution < -0.4 is 10.5 Å². The fraction of sp³-hybridized carbons (Fsp3) is 0.333. The van der Waals surface area contributed by atoms with Crippen LogP contribution in [-0.2, 0) is 0 Å². The third-order valence-corrected chi connectivity index (χ3v) is 1.97. The molecule has 0 saturated heterocycles. The van der Waals surface area contributed by atoms with Crippen LogP contribution in [0.3, 0.4) is 0 Å². The van der Waals surface area contributed by atoms with Crippen LogP contribution >= 0.6 is 11.6 Å². The molecule has 3 N–H and O–H groups in total. The van der Waals surface area contributed by atoms with Gasteiger partial charge in [-0.2, -0.15) is 0 Å². The minimum absolute atomic E-state index is 0.0125. The number of aryl methyl sites for hydroxylation is 1. The SMILES string of the molecule is Cc1cc(N)c(Cl)cc1OCCO. The molecule has 0 spiro atoms.